The Morgan fingerprint density at radius 2 is 2.06 bits per heavy atom. The zero-order valence-electron chi connectivity index (χ0n) is 9.65. The summed E-state index contributed by atoms with van der Waals surface area (Å²) in [7, 11) is 1.78. The van der Waals surface area contributed by atoms with Crippen LogP contribution in [0.1, 0.15) is 5.56 Å². The first-order chi connectivity index (χ1) is 8.27. The number of hydrogen-bond acceptors (Lipinski definition) is 3. The van der Waals surface area contributed by atoms with Gasteiger partial charge in [0.2, 0.25) is 0 Å². The van der Waals surface area contributed by atoms with Gasteiger partial charge in [-0.1, -0.05) is 0 Å². The van der Waals surface area contributed by atoms with Crippen LogP contribution in [0.3, 0.4) is 0 Å². The Morgan fingerprint density at radius 3 is 2.71 bits per heavy atom. The molecule has 0 aliphatic rings. The Labute approximate surface area is 99.7 Å². The molecule has 5 nitrogen and oxygen atoms in total. The standard InChI is InChI=1S/C12H14N4O/c1-15(12(17)16-9-7-14-10-16)8-4-11-2-5-13-6-3-11/h2-3,5-7,9-10H,4,8H2,1H3. The van der Waals surface area contributed by atoms with E-state index in [9.17, 15) is 4.79 Å². The fourth-order valence-corrected chi connectivity index (χ4v) is 1.51. The van der Waals surface area contributed by atoms with Gasteiger partial charge in [-0.05, 0) is 24.1 Å². The predicted molar refractivity (Wildman–Crippen MR) is 63.6 cm³/mol. The molecular weight excluding hydrogens is 216 g/mol. The van der Waals surface area contributed by atoms with Crippen molar-refractivity contribution >= 4 is 6.03 Å². The van der Waals surface area contributed by atoms with Crippen molar-refractivity contribution in [2.75, 3.05) is 13.6 Å². The van der Waals surface area contributed by atoms with E-state index in [1.165, 1.54) is 16.5 Å². The van der Waals surface area contributed by atoms with E-state index in [4.69, 9.17) is 0 Å². The van der Waals surface area contributed by atoms with Crippen molar-refractivity contribution in [3.05, 3.63) is 48.8 Å². The van der Waals surface area contributed by atoms with Crippen molar-refractivity contribution in [3.8, 4) is 0 Å². The third-order valence-corrected chi connectivity index (χ3v) is 2.54. The molecule has 2 heterocycles. The molecule has 0 saturated heterocycles. The van der Waals surface area contributed by atoms with E-state index in [2.05, 4.69) is 9.97 Å². The van der Waals surface area contributed by atoms with E-state index in [1.54, 1.807) is 36.7 Å². The van der Waals surface area contributed by atoms with Crippen LogP contribution in [0.5, 0.6) is 0 Å². The molecule has 0 radical (unpaired) electrons. The molecule has 0 unspecified atom stereocenters. The molecule has 0 aromatic carbocycles. The van der Waals surface area contributed by atoms with Crippen molar-refractivity contribution in [2.45, 2.75) is 6.42 Å². The summed E-state index contributed by atoms with van der Waals surface area (Å²) in [5.41, 5.74) is 1.17. The van der Waals surface area contributed by atoms with Gasteiger partial charge in [-0.25, -0.2) is 9.78 Å². The molecule has 0 atom stereocenters. The van der Waals surface area contributed by atoms with Crippen LogP contribution >= 0.6 is 0 Å². The van der Waals surface area contributed by atoms with Crippen LogP contribution in [0.2, 0.25) is 0 Å². The Morgan fingerprint density at radius 1 is 1.29 bits per heavy atom. The van der Waals surface area contributed by atoms with Crippen molar-refractivity contribution in [1.82, 2.24) is 19.4 Å². The summed E-state index contributed by atoms with van der Waals surface area (Å²) in [6.45, 7) is 0.668. The summed E-state index contributed by atoms with van der Waals surface area (Å²) in [4.78, 5) is 21.3. The number of carbonyl (C=O) groups excluding carboxylic acids is 1. The summed E-state index contributed by atoms with van der Waals surface area (Å²) in [6.07, 6.45) is 9.07. The van der Waals surface area contributed by atoms with Crippen LogP contribution < -0.4 is 0 Å². The lowest BCUT2D eigenvalue weighted by Gasteiger charge is -2.16. The predicted octanol–water partition coefficient (Wildman–Crippen LogP) is 1.42. The molecule has 88 valence electrons. The quantitative estimate of drug-likeness (QED) is 0.801. The molecule has 17 heavy (non-hydrogen) atoms. The van der Waals surface area contributed by atoms with Crippen LogP contribution in [-0.4, -0.2) is 39.1 Å². The van der Waals surface area contributed by atoms with Gasteiger partial charge in [0, 0.05) is 38.4 Å². The lowest BCUT2D eigenvalue weighted by molar-refractivity contribution is 0.211. The lowest BCUT2D eigenvalue weighted by atomic mass is 10.2. The number of likely N-dealkylation sites (N-methyl/N-ethyl adjacent to an activating group) is 1. The minimum Gasteiger partial charge on any atom is -0.327 e. The number of amides is 1. The molecule has 0 saturated carbocycles. The highest BCUT2D eigenvalue weighted by molar-refractivity contribution is 5.76. The molecule has 0 spiro atoms. The summed E-state index contributed by atoms with van der Waals surface area (Å²) < 4.78 is 1.46. The summed E-state index contributed by atoms with van der Waals surface area (Å²) in [6, 6.07) is 3.84. The van der Waals surface area contributed by atoms with Crippen molar-refractivity contribution in [1.29, 1.82) is 0 Å². The second kappa shape index (κ2) is 5.25. The second-order valence-electron chi connectivity index (χ2n) is 3.78. The lowest BCUT2D eigenvalue weighted by Crippen LogP contribution is -2.32. The molecule has 0 bridgehead atoms. The fraction of sp³-hybridized carbons (Fsp3) is 0.250. The molecule has 2 rings (SSSR count). The third kappa shape index (κ3) is 2.90. The summed E-state index contributed by atoms with van der Waals surface area (Å²) in [5, 5.41) is 0. The molecule has 0 fully saturated rings. The van der Waals surface area contributed by atoms with Gasteiger partial charge in [0.15, 0.2) is 0 Å². The molecule has 2 aromatic heterocycles. The maximum atomic E-state index is 11.9. The maximum absolute atomic E-state index is 11.9. The van der Waals surface area contributed by atoms with Crippen LogP contribution in [-0.2, 0) is 6.42 Å². The van der Waals surface area contributed by atoms with E-state index in [1.807, 2.05) is 12.1 Å². The molecular formula is C12H14N4O. The zero-order chi connectivity index (χ0) is 12.1. The third-order valence-electron chi connectivity index (χ3n) is 2.54. The number of aromatic nitrogens is 3. The largest absolute Gasteiger partial charge is 0.329 e. The Hall–Kier alpha value is -2.17. The normalized spacial score (nSPS) is 10.2. The van der Waals surface area contributed by atoms with E-state index >= 15 is 0 Å². The van der Waals surface area contributed by atoms with Crippen molar-refractivity contribution < 1.29 is 4.79 Å². The average Bonchev–Trinajstić information content (AvgIpc) is 2.90. The summed E-state index contributed by atoms with van der Waals surface area (Å²) >= 11 is 0. The van der Waals surface area contributed by atoms with Gasteiger partial charge in [-0.2, -0.15) is 0 Å². The molecule has 5 heteroatoms. The van der Waals surface area contributed by atoms with E-state index in [0.717, 1.165) is 6.42 Å². The number of nitrogens with zero attached hydrogens (tertiary/aromatic N) is 4. The van der Waals surface area contributed by atoms with E-state index < -0.39 is 0 Å². The van der Waals surface area contributed by atoms with Crippen LogP contribution in [0, 0.1) is 0 Å². The average molecular weight is 230 g/mol. The number of rotatable bonds is 3. The number of hydrogen-bond donors (Lipinski definition) is 0. The van der Waals surface area contributed by atoms with Gasteiger partial charge in [-0.15, -0.1) is 0 Å². The highest BCUT2D eigenvalue weighted by Gasteiger charge is 2.09. The van der Waals surface area contributed by atoms with Crippen LogP contribution in [0.25, 0.3) is 0 Å². The number of imidazole rings is 1. The first-order valence-corrected chi connectivity index (χ1v) is 5.39. The van der Waals surface area contributed by atoms with Gasteiger partial charge in [0.05, 0.1) is 0 Å². The van der Waals surface area contributed by atoms with E-state index in [-0.39, 0.29) is 6.03 Å². The molecule has 2 aromatic rings. The van der Waals surface area contributed by atoms with Gasteiger partial charge in [0.25, 0.3) is 0 Å². The fourth-order valence-electron chi connectivity index (χ4n) is 1.51. The first-order valence-electron chi connectivity index (χ1n) is 5.39. The first kappa shape index (κ1) is 11.3. The molecule has 0 aliphatic carbocycles. The molecule has 1 amide bonds. The minimum absolute atomic E-state index is 0.0726. The Kier molecular flexibility index (Phi) is 3.49. The molecule has 0 N–H and O–H groups in total. The summed E-state index contributed by atoms with van der Waals surface area (Å²) in [5.74, 6) is 0. The van der Waals surface area contributed by atoms with Crippen molar-refractivity contribution in [3.63, 3.8) is 0 Å². The van der Waals surface area contributed by atoms with Gasteiger partial charge >= 0.3 is 6.03 Å². The SMILES string of the molecule is CN(CCc1ccncc1)C(=O)n1ccnc1. The minimum atomic E-state index is -0.0726. The van der Waals surface area contributed by atoms with Crippen LogP contribution in [0.4, 0.5) is 4.79 Å². The van der Waals surface area contributed by atoms with E-state index in [0.29, 0.717) is 6.54 Å². The highest BCUT2D eigenvalue weighted by Crippen LogP contribution is 2.00. The maximum Gasteiger partial charge on any atom is 0.329 e. The Bertz CT molecular complexity index is 467. The topological polar surface area (TPSA) is 51.0 Å². The second-order valence-corrected chi connectivity index (χ2v) is 3.78. The smallest absolute Gasteiger partial charge is 0.327 e. The highest BCUT2D eigenvalue weighted by atomic mass is 16.2. The monoisotopic (exact) mass is 230 g/mol. The number of carbonyl (C=O) groups is 1. The van der Waals surface area contributed by atoms with Gasteiger partial charge in [-0.3, -0.25) is 9.55 Å². The number of pyridine rings is 1. The van der Waals surface area contributed by atoms with Gasteiger partial charge < -0.3 is 4.90 Å². The zero-order valence-corrected chi connectivity index (χ0v) is 9.65. The molecule has 0 aliphatic heterocycles. The van der Waals surface area contributed by atoms with Crippen molar-refractivity contribution in [2.24, 2.45) is 0 Å². The van der Waals surface area contributed by atoms with Crippen LogP contribution in [0.15, 0.2) is 43.2 Å². The Balaban J connectivity index is 1.90. The van der Waals surface area contributed by atoms with Gasteiger partial charge in [0.1, 0.15) is 6.33 Å².